The van der Waals surface area contributed by atoms with Gasteiger partial charge in [0.05, 0.1) is 12.2 Å². The quantitative estimate of drug-likeness (QED) is 0.462. The van der Waals surface area contributed by atoms with Gasteiger partial charge < -0.3 is 15.6 Å². The van der Waals surface area contributed by atoms with Crippen LogP contribution in [0.5, 0.6) is 5.75 Å². The zero-order chi connectivity index (χ0) is 12.0. The molecule has 1 rings (SSSR count). The molecule has 1 aromatic carbocycles. The van der Waals surface area contributed by atoms with Crippen molar-refractivity contribution in [1.82, 2.24) is 0 Å². The number of ether oxygens (including phenoxy) is 1. The van der Waals surface area contributed by atoms with Crippen molar-refractivity contribution in [3.8, 4) is 5.75 Å². The molecule has 0 aliphatic heterocycles. The zero-order valence-electron chi connectivity index (χ0n) is 9.10. The van der Waals surface area contributed by atoms with E-state index in [4.69, 9.17) is 27.8 Å². The molecule has 0 unspecified atom stereocenters. The van der Waals surface area contributed by atoms with Gasteiger partial charge in [-0.2, -0.15) is 0 Å². The fourth-order valence-electron chi connectivity index (χ4n) is 1.29. The van der Waals surface area contributed by atoms with Gasteiger partial charge in [-0.3, -0.25) is 0 Å². The molecule has 88 valence electrons. The molecule has 1 aromatic rings. The number of hydrogen-bond acceptors (Lipinski definition) is 4. The molecule has 0 bridgehead atoms. The highest BCUT2D eigenvalue weighted by atomic mass is 32.2. The van der Waals surface area contributed by atoms with Gasteiger partial charge in [-0.1, -0.05) is 18.3 Å². The molecule has 0 aliphatic carbocycles. The highest BCUT2D eigenvalue weighted by molar-refractivity contribution is 7.98. The topological polar surface area (TPSA) is 55.5 Å². The van der Waals surface area contributed by atoms with Crippen LogP contribution in [0, 0.1) is 0 Å². The Hall–Kier alpha value is -0.780. The van der Waals surface area contributed by atoms with Gasteiger partial charge in [0.15, 0.2) is 0 Å². The number of aliphatic hydroxyl groups is 1. The predicted octanol–water partition coefficient (Wildman–Crippen LogP) is 1.80. The van der Waals surface area contributed by atoms with E-state index in [2.05, 4.69) is 0 Å². The van der Waals surface area contributed by atoms with E-state index in [-0.39, 0.29) is 6.61 Å². The Balaban J connectivity index is 2.93. The van der Waals surface area contributed by atoms with Crippen molar-refractivity contribution in [2.24, 2.45) is 5.73 Å². The van der Waals surface area contributed by atoms with Crippen LogP contribution in [0.3, 0.4) is 0 Å². The molecule has 0 aliphatic rings. The Kier molecular flexibility index (Phi) is 5.59. The number of thioether (sulfide) groups is 1. The third-order valence-electron chi connectivity index (χ3n) is 2.01. The molecule has 5 heteroatoms. The minimum Gasteiger partial charge on any atom is -0.493 e. The van der Waals surface area contributed by atoms with Crippen LogP contribution in [0.15, 0.2) is 23.1 Å². The lowest BCUT2D eigenvalue weighted by molar-refractivity contribution is 0.233. The molecular weight excluding hydrogens is 242 g/mol. The number of benzene rings is 1. The molecule has 0 heterocycles. The first kappa shape index (κ1) is 13.3. The van der Waals surface area contributed by atoms with E-state index in [0.717, 1.165) is 10.5 Å². The number of thiocarbonyl (C=S) groups is 1. The van der Waals surface area contributed by atoms with Gasteiger partial charge in [-0.05, 0) is 18.4 Å². The van der Waals surface area contributed by atoms with Gasteiger partial charge in [-0.25, -0.2) is 0 Å². The van der Waals surface area contributed by atoms with Crippen molar-refractivity contribution < 1.29 is 9.84 Å². The summed E-state index contributed by atoms with van der Waals surface area (Å²) in [4.78, 5) is 1.35. The van der Waals surface area contributed by atoms with E-state index in [1.807, 2.05) is 24.5 Å². The van der Waals surface area contributed by atoms with E-state index >= 15 is 0 Å². The summed E-state index contributed by atoms with van der Waals surface area (Å²) in [5.41, 5.74) is 6.46. The summed E-state index contributed by atoms with van der Waals surface area (Å²) in [5.74, 6) is 0.688. The summed E-state index contributed by atoms with van der Waals surface area (Å²) in [5, 5.41) is 8.69. The predicted molar refractivity (Wildman–Crippen MR) is 71.3 cm³/mol. The van der Waals surface area contributed by atoms with E-state index in [1.165, 1.54) is 0 Å². The first-order valence-corrected chi connectivity index (χ1v) is 6.54. The Morgan fingerprint density at radius 1 is 1.56 bits per heavy atom. The maximum absolute atomic E-state index is 8.69. The maximum atomic E-state index is 8.69. The first-order valence-electron chi connectivity index (χ1n) is 4.91. The Labute approximate surface area is 105 Å². The molecule has 3 N–H and O–H groups in total. The molecule has 0 amide bonds. The summed E-state index contributed by atoms with van der Waals surface area (Å²) in [7, 11) is 0. The normalized spacial score (nSPS) is 10.1. The summed E-state index contributed by atoms with van der Waals surface area (Å²) in [6, 6.07) is 5.70. The van der Waals surface area contributed by atoms with Gasteiger partial charge in [0.1, 0.15) is 10.7 Å². The average molecular weight is 257 g/mol. The maximum Gasteiger partial charge on any atom is 0.130 e. The molecule has 16 heavy (non-hydrogen) atoms. The highest BCUT2D eigenvalue weighted by Gasteiger charge is 2.11. The van der Waals surface area contributed by atoms with Crippen molar-refractivity contribution in [3.05, 3.63) is 23.8 Å². The third kappa shape index (κ3) is 3.37. The second-order valence-corrected chi connectivity index (χ2v) is 4.41. The standard InChI is InChI=1S/C11H15NO2S2/c1-16-9-5-2-4-8(10(9)11(12)15)14-7-3-6-13/h2,4-5,13H,3,6-7H2,1H3,(H2,12,15). The van der Waals surface area contributed by atoms with Crippen LogP contribution in [-0.4, -0.2) is 29.6 Å². The monoisotopic (exact) mass is 257 g/mol. The lowest BCUT2D eigenvalue weighted by Crippen LogP contribution is -2.13. The van der Waals surface area contributed by atoms with Crippen LogP contribution < -0.4 is 10.5 Å². The molecule has 0 saturated carbocycles. The third-order valence-corrected chi connectivity index (χ3v) is 3.00. The minimum absolute atomic E-state index is 0.116. The van der Waals surface area contributed by atoms with Gasteiger partial charge in [0.2, 0.25) is 0 Å². The molecule has 0 saturated heterocycles. The van der Waals surface area contributed by atoms with Crippen molar-refractivity contribution in [3.63, 3.8) is 0 Å². The SMILES string of the molecule is CSc1cccc(OCCCO)c1C(N)=S. The Bertz CT molecular complexity index is 369. The van der Waals surface area contributed by atoms with Crippen LogP contribution in [0.2, 0.25) is 0 Å². The van der Waals surface area contributed by atoms with Crippen LogP contribution in [0.25, 0.3) is 0 Å². The van der Waals surface area contributed by atoms with Crippen LogP contribution in [0.1, 0.15) is 12.0 Å². The fraction of sp³-hybridized carbons (Fsp3) is 0.364. The van der Waals surface area contributed by atoms with E-state index in [1.54, 1.807) is 11.8 Å². The van der Waals surface area contributed by atoms with E-state index in [9.17, 15) is 0 Å². The van der Waals surface area contributed by atoms with Crippen molar-refractivity contribution in [2.45, 2.75) is 11.3 Å². The number of rotatable bonds is 6. The van der Waals surface area contributed by atoms with Gasteiger partial charge >= 0.3 is 0 Å². The van der Waals surface area contributed by atoms with Crippen LogP contribution >= 0.6 is 24.0 Å². The average Bonchev–Trinajstić information content (AvgIpc) is 2.28. The molecule has 0 atom stereocenters. The largest absolute Gasteiger partial charge is 0.493 e. The number of aliphatic hydroxyl groups excluding tert-OH is 1. The summed E-state index contributed by atoms with van der Waals surface area (Å²) >= 11 is 6.60. The van der Waals surface area contributed by atoms with Gasteiger partial charge in [0.25, 0.3) is 0 Å². The fourth-order valence-corrected chi connectivity index (χ4v) is 2.20. The van der Waals surface area contributed by atoms with Crippen LogP contribution in [0.4, 0.5) is 0 Å². The van der Waals surface area contributed by atoms with Gasteiger partial charge in [0, 0.05) is 17.9 Å². The van der Waals surface area contributed by atoms with Crippen molar-refractivity contribution >= 4 is 29.0 Å². The second kappa shape index (κ2) is 6.73. The molecule has 3 nitrogen and oxygen atoms in total. The van der Waals surface area contributed by atoms with E-state index < -0.39 is 0 Å². The molecule has 0 aromatic heterocycles. The Morgan fingerprint density at radius 2 is 2.31 bits per heavy atom. The number of nitrogens with two attached hydrogens (primary N) is 1. The minimum atomic E-state index is 0.116. The molecular formula is C11H15NO2S2. The molecule has 0 fully saturated rings. The lowest BCUT2D eigenvalue weighted by Gasteiger charge is -2.13. The lowest BCUT2D eigenvalue weighted by atomic mass is 10.2. The smallest absolute Gasteiger partial charge is 0.130 e. The summed E-state index contributed by atoms with van der Waals surface area (Å²) in [6.45, 7) is 0.578. The molecule has 0 spiro atoms. The van der Waals surface area contributed by atoms with E-state index in [0.29, 0.717) is 23.8 Å². The van der Waals surface area contributed by atoms with Crippen LogP contribution in [-0.2, 0) is 0 Å². The summed E-state index contributed by atoms with van der Waals surface area (Å²) in [6.07, 6.45) is 2.56. The number of hydrogen-bond donors (Lipinski definition) is 2. The summed E-state index contributed by atoms with van der Waals surface area (Å²) < 4.78 is 5.54. The Morgan fingerprint density at radius 3 is 2.88 bits per heavy atom. The molecule has 0 radical (unpaired) electrons. The first-order chi connectivity index (χ1) is 7.70. The second-order valence-electron chi connectivity index (χ2n) is 3.12. The van der Waals surface area contributed by atoms with Gasteiger partial charge in [-0.15, -0.1) is 11.8 Å². The zero-order valence-corrected chi connectivity index (χ0v) is 10.7. The highest BCUT2D eigenvalue weighted by Crippen LogP contribution is 2.28. The van der Waals surface area contributed by atoms with Crippen molar-refractivity contribution in [1.29, 1.82) is 0 Å². The van der Waals surface area contributed by atoms with Crippen molar-refractivity contribution in [2.75, 3.05) is 19.5 Å².